The topological polar surface area (TPSA) is 37.4 Å². The zero-order valence-electron chi connectivity index (χ0n) is 8.72. The van der Waals surface area contributed by atoms with Gasteiger partial charge in [-0.15, -0.1) is 0 Å². The molecule has 3 rings (SSSR count). The molecule has 1 heterocycles. The van der Waals surface area contributed by atoms with E-state index in [0.29, 0.717) is 0 Å². The Kier molecular flexibility index (Phi) is 1.93. The summed E-state index contributed by atoms with van der Waals surface area (Å²) in [6, 6.07) is 7.95. The van der Waals surface area contributed by atoms with E-state index in [1.54, 1.807) is 0 Å². The summed E-state index contributed by atoms with van der Waals surface area (Å²) in [7, 11) is 0. The largest absolute Gasteiger partial charge is 0.269 e. The third-order valence-corrected chi connectivity index (χ3v) is 3.26. The van der Waals surface area contributed by atoms with Gasteiger partial charge in [-0.3, -0.25) is 14.5 Å². The lowest BCUT2D eigenvalue weighted by atomic mass is 10.1. The van der Waals surface area contributed by atoms with Gasteiger partial charge in [0.2, 0.25) is 0 Å². The maximum Gasteiger partial charge on any atom is 0.254 e. The monoisotopic (exact) mass is 213 g/mol. The quantitative estimate of drug-likeness (QED) is 0.664. The highest BCUT2D eigenvalue weighted by atomic mass is 16.2. The van der Waals surface area contributed by atoms with Crippen LogP contribution in [0.2, 0.25) is 0 Å². The van der Waals surface area contributed by atoms with Gasteiger partial charge in [-0.25, -0.2) is 0 Å². The van der Waals surface area contributed by atoms with Crippen molar-refractivity contribution in [3.05, 3.63) is 47.5 Å². The average molecular weight is 213 g/mol. The molecule has 0 N–H and O–H groups in total. The van der Waals surface area contributed by atoms with Crippen molar-refractivity contribution in [2.24, 2.45) is 0 Å². The van der Waals surface area contributed by atoms with Gasteiger partial charge in [0, 0.05) is 12.2 Å². The summed E-state index contributed by atoms with van der Waals surface area (Å²) in [6.07, 6.45) is 4.49. The number of hydrogen-bond acceptors (Lipinski definition) is 2. The standard InChI is InChI=1S/C13H11NO2/c15-12-7-8-13(16)14(12)11-6-5-9-3-1-2-4-10(9)11/h1-4,7-8,11H,5-6H2/t11-/m1/s1. The lowest BCUT2D eigenvalue weighted by Gasteiger charge is -2.22. The van der Waals surface area contributed by atoms with Crippen molar-refractivity contribution in [3.8, 4) is 0 Å². The van der Waals surface area contributed by atoms with Crippen molar-refractivity contribution in [2.75, 3.05) is 0 Å². The number of amides is 2. The number of hydrogen-bond donors (Lipinski definition) is 0. The summed E-state index contributed by atoms with van der Waals surface area (Å²) >= 11 is 0. The van der Waals surface area contributed by atoms with Crippen LogP contribution >= 0.6 is 0 Å². The molecule has 2 amide bonds. The van der Waals surface area contributed by atoms with E-state index in [2.05, 4.69) is 6.07 Å². The van der Waals surface area contributed by atoms with Crippen molar-refractivity contribution in [3.63, 3.8) is 0 Å². The normalized spacial score (nSPS) is 23.0. The summed E-state index contributed by atoms with van der Waals surface area (Å²) in [5.41, 5.74) is 2.37. The third-order valence-electron chi connectivity index (χ3n) is 3.26. The second kappa shape index (κ2) is 3.30. The average Bonchev–Trinajstić information content (AvgIpc) is 2.83. The molecular formula is C13H11NO2. The number of carbonyl (C=O) groups is 2. The lowest BCUT2D eigenvalue weighted by molar-refractivity contribution is -0.139. The van der Waals surface area contributed by atoms with E-state index in [-0.39, 0.29) is 17.9 Å². The van der Waals surface area contributed by atoms with Crippen LogP contribution in [0.25, 0.3) is 0 Å². The maximum absolute atomic E-state index is 11.6. The van der Waals surface area contributed by atoms with Crippen molar-refractivity contribution in [2.45, 2.75) is 18.9 Å². The summed E-state index contributed by atoms with van der Waals surface area (Å²) in [5, 5.41) is 0. The fraction of sp³-hybridized carbons (Fsp3) is 0.231. The molecule has 1 aliphatic heterocycles. The van der Waals surface area contributed by atoms with Gasteiger partial charge < -0.3 is 0 Å². The van der Waals surface area contributed by atoms with Crippen LogP contribution in [0.3, 0.4) is 0 Å². The molecule has 1 aliphatic carbocycles. The summed E-state index contributed by atoms with van der Waals surface area (Å²) in [6.45, 7) is 0. The summed E-state index contributed by atoms with van der Waals surface area (Å²) in [4.78, 5) is 24.6. The van der Waals surface area contributed by atoms with Crippen LogP contribution in [-0.2, 0) is 16.0 Å². The number of benzene rings is 1. The number of rotatable bonds is 1. The van der Waals surface area contributed by atoms with E-state index in [1.165, 1.54) is 22.6 Å². The van der Waals surface area contributed by atoms with E-state index in [9.17, 15) is 9.59 Å². The molecule has 0 bridgehead atoms. The van der Waals surface area contributed by atoms with Gasteiger partial charge >= 0.3 is 0 Å². The Hall–Kier alpha value is -1.90. The number of carbonyl (C=O) groups excluding carboxylic acids is 2. The molecule has 3 heteroatoms. The molecule has 0 fully saturated rings. The van der Waals surface area contributed by atoms with Crippen molar-refractivity contribution >= 4 is 11.8 Å². The van der Waals surface area contributed by atoms with E-state index < -0.39 is 0 Å². The summed E-state index contributed by atoms with van der Waals surface area (Å²) in [5.74, 6) is -0.376. The van der Waals surface area contributed by atoms with Crippen LogP contribution in [-0.4, -0.2) is 16.7 Å². The molecule has 0 unspecified atom stereocenters. The zero-order chi connectivity index (χ0) is 11.1. The fourth-order valence-corrected chi connectivity index (χ4v) is 2.52. The first kappa shape index (κ1) is 9.33. The number of nitrogens with zero attached hydrogens (tertiary/aromatic N) is 1. The fourth-order valence-electron chi connectivity index (χ4n) is 2.52. The highest BCUT2D eigenvalue weighted by molar-refractivity contribution is 6.13. The minimum Gasteiger partial charge on any atom is -0.269 e. The second-order valence-electron chi connectivity index (χ2n) is 4.13. The number of aryl methyl sites for hydroxylation is 1. The van der Waals surface area contributed by atoms with Crippen LogP contribution in [0, 0.1) is 0 Å². The van der Waals surface area contributed by atoms with Gasteiger partial charge in [0.1, 0.15) is 0 Å². The van der Waals surface area contributed by atoms with Crippen molar-refractivity contribution in [1.29, 1.82) is 0 Å². The van der Waals surface area contributed by atoms with Crippen molar-refractivity contribution < 1.29 is 9.59 Å². The molecule has 1 aromatic rings. The molecule has 16 heavy (non-hydrogen) atoms. The smallest absolute Gasteiger partial charge is 0.254 e. The zero-order valence-corrected chi connectivity index (χ0v) is 8.72. The minimum absolute atomic E-state index is 0.0637. The maximum atomic E-state index is 11.6. The highest BCUT2D eigenvalue weighted by Gasteiger charge is 2.35. The van der Waals surface area contributed by atoms with E-state index >= 15 is 0 Å². The molecular weight excluding hydrogens is 202 g/mol. The lowest BCUT2D eigenvalue weighted by Crippen LogP contribution is -2.33. The van der Waals surface area contributed by atoms with E-state index in [0.717, 1.165) is 18.4 Å². The van der Waals surface area contributed by atoms with E-state index in [4.69, 9.17) is 0 Å². The predicted octanol–water partition coefficient (Wildman–Crippen LogP) is 1.60. The van der Waals surface area contributed by atoms with Gasteiger partial charge in [0.15, 0.2) is 0 Å². The Balaban J connectivity index is 1.99. The molecule has 3 nitrogen and oxygen atoms in total. The molecule has 0 saturated carbocycles. The van der Waals surface area contributed by atoms with Crippen molar-refractivity contribution in [1.82, 2.24) is 4.90 Å². The Bertz CT molecular complexity index is 486. The molecule has 0 spiro atoms. The second-order valence-corrected chi connectivity index (χ2v) is 4.13. The molecule has 1 atom stereocenters. The molecule has 0 radical (unpaired) electrons. The molecule has 0 saturated heterocycles. The van der Waals surface area contributed by atoms with Crippen LogP contribution in [0.1, 0.15) is 23.6 Å². The Morgan fingerprint density at radius 1 is 1.06 bits per heavy atom. The Morgan fingerprint density at radius 3 is 2.50 bits per heavy atom. The van der Waals surface area contributed by atoms with Gasteiger partial charge in [0.25, 0.3) is 11.8 Å². The van der Waals surface area contributed by atoms with Gasteiger partial charge in [-0.1, -0.05) is 24.3 Å². The van der Waals surface area contributed by atoms with Crippen LogP contribution in [0.4, 0.5) is 0 Å². The van der Waals surface area contributed by atoms with E-state index in [1.807, 2.05) is 18.2 Å². The van der Waals surface area contributed by atoms with Crippen LogP contribution in [0.15, 0.2) is 36.4 Å². The molecule has 80 valence electrons. The Labute approximate surface area is 93.4 Å². The summed E-state index contributed by atoms with van der Waals surface area (Å²) < 4.78 is 0. The van der Waals surface area contributed by atoms with Gasteiger partial charge in [-0.2, -0.15) is 0 Å². The molecule has 1 aromatic carbocycles. The van der Waals surface area contributed by atoms with Gasteiger partial charge in [0.05, 0.1) is 6.04 Å². The first-order valence-corrected chi connectivity index (χ1v) is 5.40. The molecule has 0 aromatic heterocycles. The SMILES string of the molecule is O=C1C=CC(=O)N1[C@@H]1CCc2ccccc21. The highest BCUT2D eigenvalue weighted by Crippen LogP contribution is 2.36. The predicted molar refractivity (Wildman–Crippen MR) is 58.5 cm³/mol. The van der Waals surface area contributed by atoms with Gasteiger partial charge in [-0.05, 0) is 24.0 Å². The van der Waals surface area contributed by atoms with Crippen LogP contribution in [0.5, 0.6) is 0 Å². The first-order chi connectivity index (χ1) is 7.77. The Morgan fingerprint density at radius 2 is 1.75 bits per heavy atom. The molecule has 2 aliphatic rings. The first-order valence-electron chi connectivity index (χ1n) is 5.40. The number of imide groups is 1. The minimum atomic E-state index is -0.188. The number of fused-ring (bicyclic) bond motifs is 1. The van der Waals surface area contributed by atoms with Crippen LogP contribution < -0.4 is 0 Å². The third kappa shape index (κ3) is 1.21.